The lowest BCUT2D eigenvalue weighted by Crippen LogP contribution is -2.30. The lowest BCUT2D eigenvalue weighted by molar-refractivity contribution is -0.154. The molecule has 0 radical (unpaired) electrons. The number of hydrogen-bond donors (Lipinski definition) is 1. The molecule has 172 valence electrons. The van der Waals surface area contributed by atoms with Crippen molar-refractivity contribution in [3.05, 3.63) is 46.8 Å². The van der Waals surface area contributed by atoms with Gasteiger partial charge in [0.1, 0.15) is 5.82 Å². The molecule has 0 saturated carbocycles. The number of amides is 2. The summed E-state index contributed by atoms with van der Waals surface area (Å²) in [5.41, 5.74) is 2.17. The van der Waals surface area contributed by atoms with Crippen LogP contribution in [-0.4, -0.2) is 39.5 Å². The van der Waals surface area contributed by atoms with E-state index < -0.39 is 18.8 Å². The molecule has 0 aliphatic carbocycles. The number of ether oxygens (including phenoxy) is 1. The Kier molecular flexibility index (Phi) is 6.43. The SMILES string of the molecule is Cc1cc(C(C)N2C(=O)c3ccnc(NC(=O)C(C)C)c3C2C)cnc1OCC(F)(F)F. The molecule has 2 unspecified atom stereocenters. The van der Waals surface area contributed by atoms with E-state index in [1.165, 1.54) is 12.4 Å². The van der Waals surface area contributed by atoms with Gasteiger partial charge in [0.15, 0.2) is 6.61 Å². The maximum atomic E-state index is 13.2. The summed E-state index contributed by atoms with van der Waals surface area (Å²) >= 11 is 0. The van der Waals surface area contributed by atoms with Gasteiger partial charge in [0.2, 0.25) is 11.8 Å². The second-order valence-corrected chi connectivity index (χ2v) is 8.12. The summed E-state index contributed by atoms with van der Waals surface area (Å²) in [5, 5.41) is 2.79. The van der Waals surface area contributed by atoms with E-state index in [0.29, 0.717) is 28.1 Å². The second kappa shape index (κ2) is 8.76. The van der Waals surface area contributed by atoms with Gasteiger partial charge in [-0.15, -0.1) is 0 Å². The van der Waals surface area contributed by atoms with E-state index in [-0.39, 0.29) is 29.7 Å². The molecule has 0 saturated heterocycles. The number of halogens is 3. The Labute approximate surface area is 184 Å². The Morgan fingerprint density at radius 1 is 1.28 bits per heavy atom. The molecule has 0 aromatic carbocycles. The topological polar surface area (TPSA) is 84.4 Å². The van der Waals surface area contributed by atoms with Crippen molar-refractivity contribution in [2.45, 2.75) is 52.9 Å². The van der Waals surface area contributed by atoms with E-state index >= 15 is 0 Å². The first-order valence-corrected chi connectivity index (χ1v) is 10.2. The Hall–Kier alpha value is -3.17. The molecule has 1 aliphatic heterocycles. The zero-order valence-corrected chi connectivity index (χ0v) is 18.4. The molecular weight excluding hydrogens is 425 g/mol. The zero-order chi connectivity index (χ0) is 23.8. The molecule has 0 spiro atoms. The Balaban J connectivity index is 1.86. The van der Waals surface area contributed by atoms with Crippen molar-refractivity contribution in [1.29, 1.82) is 0 Å². The molecule has 0 bridgehead atoms. The average Bonchev–Trinajstić information content (AvgIpc) is 2.97. The highest BCUT2D eigenvalue weighted by atomic mass is 19.4. The van der Waals surface area contributed by atoms with E-state index in [0.717, 1.165) is 0 Å². The lowest BCUT2D eigenvalue weighted by atomic mass is 10.0. The van der Waals surface area contributed by atoms with Crippen LogP contribution in [0.15, 0.2) is 24.5 Å². The number of carbonyl (C=O) groups is 2. The number of carbonyl (C=O) groups excluding carboxylic acids is 2. The van der Waals surface area contributed by atoms with Crippen molar-refractivity contribution < 1.29 is 27.5 Å². The van der Waals surface area contributed by atoms with Gasteiger partial charge < -0.3 is 15.0 Å². The number of rotatable bonds is 6. The zero-order valence-electron chi connectivity index (χ0n) is 18.4. The maximum absolute atomic E-state index is 13.2. The number of hydrogen-bond acceptors (Lipinski definition) is 5. The molecule has 1 aliphatic rings. The summed E-state index contributed by atoms with van der Waals surface area (Å²) in [7, 11) is 0. The van der Waals surface area contributed by atoms with E-state index in [4.69, 9.17) is 4.74 Å². The van der Waals surface area contributed by atoms with Gasteiger partial charge in [-0.2, -0.15) is 13.2 Å². The maximum Gasteiger partial charge on any atom is 0.422 e. The first-order chi connectivity index (χ1) is 14.9. The number of aromatic nitrogens is 2. The summed E-state index contributed by atoms with van der Waals surface area (Å²) in [6, 6.07) is 2.46. The van der Waals surface area contributed by atoms with Gasteiger partial charge in [0, 0.05) is 29.4 Å². The van der Waals surface area contributed by atoms with Crippen molar-refractivity contribution in [2.24, 2.45) is 5.92 Å². The number of pyridine rings is 2. The van der Waals surface area contributed by atoms with Crippen LogP contribution < -0.4 is 10.1 Å². The molecule has 3 heterocycles. The quantitative estimate of drug-likeness (QED) is 0.696. The van der Waals surface area contributed by atoms with Crippen LogP contribution in [0.25, 0.3) is 0 Å². The van der Waals surface area contributed by atoms with Crippen molar-refractivity contribution in [3.63, 3.8) is 0 Å². The Morgan fingerprint density at radius 3 is 2.56 bits per heavy atom. The van der Waals surface area contributed by atoms with Crippen molar-refractivity contribution >= 4 is 17.6 Å². The fourth-order valence-electron chi connectivity index (χ4n) is 3.68. The van der Waals surface area contributed by atoms with Crippen molar-refractivity contribution in [3.8, 4) is 5.88 Å². The van der Waals surface area contributed by atoms with Gasteiger partial charge >= 0.3 is 6.18 Å². The minimum Gasteiger partial charge on any atom is -0.468 e. The molecule has 2 aromatic heterocycles. The van der Waals surface area contributed by atoms with Gasteiger partial charge in [0.25, 0.3) is 5.91 Å². The third kappa shape index (κ3) is 4.68. The molecule has 10 heteroatoms. The Morgan fingerprint density at radius 2 is 1.97 bits per heavy atom. The number of alkyl halides is 3. The molecule has 0 fully saturated rings. The van der Waals surface area contributed by atoms with Crippen molar-refractivity contribution in [2.75, 3.05) is 11.9 Å². The summed E-state index contributed by atoms with van der Waals surface area (Å²) in [6.45, 7) is 7.35. The van der Waals surface area contributed by atoms with Crippen LogP contribution in [-0.2, 0) is 4.79 Å². The van der Waals surface area contributed by atoms with Crippen LogP contribution in [0.1, 0.15) is 66.8 Å². The van der Waals surface area contributed by atoms with Crippen LogP contribution in [0.5, 0.6) is 5.88 Å². The highest BCUT2D eigenvalue weighted by molar-refractivity contribution is 6.02. The summed E-state index contributed by atoms with van der Waals surface area (Å²) < 4.78 is 42.0. The van der Waals surface area contributed by atoms with Crippen LogP contribution in [0, 0.1) is 12.8 Å². The lowest BCUT2D eigenvalue weighted by Gasteiger charge is -2.30. The second-order valence-electron chi connectivity index (χ2n) is 8.12. The first kappa shape index (κ1) is 23.5. The number of aryl methyl sites for hydroxylation is 1. The molecule has 2 aromatic rings. The van der Waals surface area contributed by atoms with Gasteiger partial charge in [-0.05, 0) is 38.5 Å². The van der Waals surface area contributed by atoms with Crippen LogP contribution in [0.4, 0.5) is 19.0 Å². The van der Waals surface area contributed by atoms with E-state index in [1.54, 1.807) is 37.8 Å². The third-order valence-corrected chi connectivity index (χ3v) is 5.38. The monoisotopic (exact) mass is 450 g/mol. The highest BCUT2D eigenvalue weighted by Crippen LogP contribution is 2.42. The molecule has 7 nitrogen and oxygen atoms in total. The van der Waals surface area contributed by atoms with Gasteiger partial charge in [-0.3, -0.25) is 9.59 Å². The predicted molar refractivity (Wildman–Crippen MR) is 111 cm³/mol. The molecular formula is C22H25F3N4O3. The smallest absolute Gasteiger partial charge is 0.422 e. The molecule has 1 N–H and O–H groups in total. The summed E-state index contributed by atoms with van der Waals surface area (Å²) in [4.78, 5) is 35.3. The largest absolute Gasteiger partial charge is 0.468 e. The molecule has 2 amide bonds. The van der Waals surface area contributed by atoms with Crippen LogP contribution in [0.3, 0.4) is 0 Å². The summed E-state index contributed by atoms with van der Waals surface area (Å²) in [5.74, 6) is -0.432. The number of fused-ring (bicyclic) bond motifs is 1. The number of nitrogens with zero attached hydrogens (tertiary/aromatic N) is 3. The Bertz CT molecular complexity index is 1040. The van der Waals surface area contributed by atoms with E-state index in [9.17, 15) is 22.8 Å². The average molecular weight is 450 g/mol. The molecule has 32 heavy (non-hydrogen) atoms. The summed E-state index contributed by atoms with van der Waals surface area (Å²) in [6.07, 6.45) is -1.57. The van der Waals surface area contributed by atoms with E-state index in [1.807, 2.05) is 13.8 Å². The normalized spacial score (nSPS) is 16.8. The van der Waals surface area contributed by atoms with E-state index in [2.05, 4.69) is 15.3 Å². The highest BCUT2D eigenvalue weighted by Gasteiger charge is 2.40. The first-order valence-electron chi connectivity index (χ1n) is 10.2. The van der Waals surface area contributed by atoms with Gasteiger partial charge in [-0.1, -0.05) is 13.8 Å². The minimum atomic E-state index is -4.46. The standard InChI is InChI=1S/C22H25F3N4O3/c1-11(2)19(30)28-18-17-14(5)29(21(31)16(17)6-7-26-18)13(4)15-8-12(3)20(27-9-15)32-10-22(23,24)25/h6-9,11,13-14H,10H2,1-5H3,(H,26,28,30). The van der Waals surface area contributed by atoms with Gasteiger partial charge in [-0.25, -0.2) is 9.97 Å². The van der Waals surface area contributed by atoms with Crippen LogP contribution >= 0.6 is 0 Å². The molecule has 3 rings (SSSR count). The fraction of sp³-hybridized carbons (Fsp3) is 0.455. The van der Waals surface area contributed by atoms with Crippen LogP contribution in [0.2, 0.25) is 0 Å². The fourth-order valence-corrected chi connectivity index (χ4v) is 3.68. The molecule has 2 atom stereocenters. The predicted octanol–water partition coefficient (Wildman–Crippen LogP) is 4.60. The number of anilines is 1. The minimum absolute atomic E-state index is 0.106. The van der Waals surface area contributed by atoms with Gasteiger partial charge in [0.05, 0.1) is 17.6 Å². The van der Waals surface area contributed by atoms with Crippen molar-refractivity contribution in [1.82, 2.24) is 14.9 Å². The third-order valence-electron chi connectivity index (χ3n) is 5.38. The number of nitrogens with one attached hydrogen (secondary N) is 1.